The number of carboxylic acids is 1. The topological polar surface area (TPSA) is 84.2 Å². The average molecular weight is 347 g/mol. The van der Waals surface area contributed by atoms with Gasteiger partial charge in [-0.1, -0.05) is 13.8 Å². The summed E-state index contributed by atoms with van der Waals surface area (Å²) in [6.45, 7) is 4.33. The predicted octanol–water partition coefficient (Wildman–Crippen LogP) is 3.12. The molecular weight excluding hydrogens is 325 g/mol. The fraction of sp³-hybridized carbons (Fsp3) is 0.389. The number of halogens is 1. The van der Waals surface area contributed by atoms with Crippen molar-refractivity contribution in [2.24, 2.45) is 0 Å². The Kier molecular flexibility index (Phi) is 6.27. The number of unbranched alkanes of at least 4 members (excludes halogenated alkanes) is 1. The van der Waals surface area contributed by atoms with Gasteiger partial charge in [-0.25, -0.2) is 9.07 Å². The quantitative estimate of drug-likeness (QED) is 0.719. The molecule has 2 aromatic rings. The Labute approximate surface area is 145 Å². The highest BCUT2D eigenvalue weighted by molar-refractivity contribution is 5.95. The number of carbonyl (C=O) groups is 2. The van der Waals surface area contributed by atoms with E-state index in [0.29, 0.717) is 30.6 Å². The molecule has 25 heavy (non-hydrogen) atoms. The minimum atomic E-state index is -0.839. The maximum absolute atomic E-state index is 13.1. The third kappa shape index (κ3) is 4.89. The van der Waals surface area contributed by atoms with Crippen molar-refractivity contribution in [3.8, 4) is 5.69 Å². The van der Waals surface area contributed by atoms with Crippen LogP contribution < -0.4 is 5.32 Å². The maximum Gasteiger partial charge on any atom is 0.303 e. The van der Waals surface area contributed by atoms with E-state index in [1.807, 2.05) is 13.8 Å². The van der Waals surface area contributed by atoms with Crippen LogP contribution in [-0.2, 0) is 4.79 Å². The molecule has 0 aliphatic rings. The molecule has 0 bridgehead atoms. The Morgan fingerprint density at radius 1 is 1.24 bits per heavy atom. The first kappa shape index (κ1) is 18.6. The monoisotopic (exact) mass is 347 g/mol. The van der Waals surface area contributed by atoms with Crippen LogP contribution in [0.5, 0.6) is 0 Å². The fourth-order valence-corrected chi connectivity index (χ4v) is 2.57. The van der Waals surface area contributed by atoms with Crippen molar-refractivity contribution in [2.75, 3.05) is 6.54 Å². The van der Waals surface area contributed by atoms with E-state index < -0.39 is 5.97 Å². The normalized spacial score (nSPS) is 10.9. The van der Waals surface area contributed by atoms with Crippen molar-refractivity contribution in [3.63, 3.8) is 0 Å². The molecule has 1 aromatic carbocycles. The predicted molar refractivity (Wildman–Crippen MR) is 91.4 cm³/mol. The van der Waals surface area contributed by atoms with Gasteiger partial charge in [0.15, 0.2) is 0 Å². The first-order valence-corrected chi connectivity index (χ1v) is 8.24. The number of aromatic nitrogens is 2. The Bertz CT molecular complexity index is 739. The van der Waals surface area contributed by atoms with Gasteiger partial charge in [0.2, 0.25) is 0 Å². The number of hydrogen-bond donors (Lipinski definition) is 2. The number of nitrogens with zero attached hydrogens (tertiary/aromatic N) is 2. The zero-order valence-corrected chi connectivity index (χ0v) is 14.3. The molecule has 0 saturated carbocycles. The standard InChI is InChI=1S/C18H22FN3O3/c1-12(2)17-15(18(25)20-10-4-3-5-16(23)24)11-21-22(17)14-8-6-13(19)7-9-14/h6-9,11-12H,3-5,10H2,1-2H3,(H,20,25)(H,23,24). The van der Waals surface area contributed by atoms with Crippen molar-refractivity contribution >= 4 is 11.9 Å². The van der Waals surface area contributed by atoms with Crippen LogP contribution in [0.2, 0.25) is 0 Å². The summed E-state index contributed by atoms with van der Waals surface area (Å²) in [6.07, 6.45) is 2.71. The number of carboxylic acid groups (broad SMARTS) is 1. The molecule has 0 aliphatic carbocycles. The van der Waals surface area contributed by atoms with Crippen molar-refractivity contribution in [2.45, 2.75) is 39.0 Å². The average Bonchev–Trinajstić information content (AvgIpc) is 3.00. The Morgan fingerprint density at radius 3 is 2.52 bits per heavy atom. The van der Waals surface area contributed by atoms with Crippen LogP contribution in [0, 0.1) is 5.82 Å². The molecule has 0 saturated heterocycles. The summed E-state index contributed by atoms with van der Waals surface area (Å²) in [5.41, 5.74) is 1.90. The molecule has 2 N–H and O–H groups in total. The smallest absolute Gasteiger partial charge is 0.303 e. The Hall–Kier alpha value is -2.70. The summed E-state index contributed by atoms with van der Waals surface area (Å²) in [5.74, 6) is -1.37. The number of rotatable bonds is 8. The van der Waals surface area contributed by atoms with Crippen LogP contribution in [0.3, 0.4) is 0 Å². The zero-order valence-electron chi connectivity index (χ0n) is 14.3. The van der Waals surface area contributed by atoms with Gasteiger partial charge in [-0.3, -0.25) is 9.59 Å². The third-order valence-corrected chi connectivity index (χ3v) is 3.77. The minimum absolute atomic E-state index is 0.0420. The number of nitrogens with one attached hydrogen (secondary N) is 1. The zero-order chi connectivity index (χ0) is 18.4. The van der Waals surface area contributed by atoms with E-state index in [1.165, 1.54) is 18.3 Å². The van der Waals surface area contributed by atoms with E-state index in [4.69, 9.17) is 5.11 Å². The van der Waals surface area contributed by atoms with E-state index in [2.05, 4.69) is 10.4 Å². The summed E-state index contributed by atoms with van der Waals surface area (Å²) in [6, 6.07) is 5.93. The molecule has 0 atom stereocenters. The lowest BCUT2D eigenvalue weighted by molar-refractivity contribution is -0.137. The van der Waals surface area contributed by atoms with E-state index in [0.717, 1.165) is 5.69 Å². The molecule has 0 spiro atoms. The van der Waals surface area contributed by atoms with E-state index in [1.54, 1.807) is 16.8 Å². The van der Waals surface area contributed by atoms with Crippen LogP contribution >= 0.6 is 0 Å². The van der Waals surface area contributed by atoms with Crippen molar-refractivity contribution < 1.29 is 19.1 Å². The van der Waals surface area contributed by atoms with Crippen molar-refractivity contribution in [1.82, 2.24) is 15.1 Å². The van der Waals surface area contributed by atoms with Crippen LogP contribution in [0.4, 0.5) is 4.39 Å². The van der Waals surface area contributed by atoms with Gasteiger partial charge in [0, 0.05) is 13.0 Å². The van der Waals surface area contributed by atoms with Crippen molar-refractivity contribution in [1.29, 1.82) is 0 Å². The number of aliphatic carboxylic acids is 1. The van der Waals surface area contributed by atoms with Gasteiger partial charge in [0.1, 0.15) is 5.82 Å². The van der Waals surface area contributed by atoms with E-state index in [-0.39, 0.29) is 24.1 Å². The molecule has 0 radical (unpaired) electrons. The molecule has 0 unspecified atom stereocenters. The molecule has 1 aromatic heterocycles. The molecule has 0 aliphatic heterocycles. The highest BCUT2D eigenvalue weighted by Gasteiger charge is 2.20. The van der Waals surface area contributed by atoms with Gasteiger partial charge in [-0.15, -0.1) is 0 Å². The summed E-state index contributed by atoms with van der Waals surface area (Å²) in [4.78, 5) is 22.9. The van der Waals surface area contributed by atoms with Gasteiger partial charge in [-0.05, 0) is 43.0 Å². The number of hydrogen-bond acceptors (Lipinski definition) is 3. The molecular formula is C18H22FN3O3. The molecule has 1 heterocycles. The molecule has 134 valence electrons. The second-order valence-electron chi connectivity index (χ2n) is 6.09. The lowest BCUT2D eigenvalue weighted by Gasteiger charge is -2.13. The second-order valence-corrected chi connectivity index (χ2v) is 6.09. The fourth-order valence-electron chi connectivity index (χ4n) is 2.57. The number of benzene rings is 1. The van der Waals surface area contributed by atoms with Gasteiger partial charge in [-0.2, -0.15) is 5.10 Å². The van der Waals surface area contributed by atoms with Crippen molar-refractivity contribution in [3.05, 3.63) is 47.5 Å². The lowest BCUT2D eigenvalue weighted by atomic mass is 10.0. The van der Waals surface area contributed by atoms with Crippen LogP contribution in [-0.4, -0.2) is 33.3 Å². The Balaban J connectivity index is 2.11. The summed E-state index contributed by atoms with van der Waals surface area (Å²) >= 11 is 0. The van der Waals surface area contributed by atoms with E-state index in [9.17, 15) is 14.0 Å². The van der Waals surface area contributed by atoms with Gasteiger partial charge in [0.25, 0.3) is 5.91 Å². The molecule has 1 amide bonds. The molecule has 6 nitrogen and oxygen atoms in total. The lowest BCUT2D eigenvalue weighted by Crippen LogP contribution is -2.25. The highest BCUT2D eigenvalue weighted by atomic mass is 19.1. The van der Waals surface area contributed by atoms with Gasteiger partial charge >= 0.3 is 5.97 Å². The van der Waals surface area contributed by atoms with Crippen LogP contribution in [0.1, 0.15) is 55.1 Å². The maximum atomic E-state index is 13.1. The van der Waals surface area contributed by atoms with Gasteiger partial charge in [0.05, 0.1) is 23.1 Å². The van der Waals surface area contributed by atoms with Crippen LogP contribution in [0.25, 0.3) is 5.69 Å². The third-order valence-electron chi connectivity index (χ3n) is 3.77. The number of amides is 1. The largest absolute Gasteiger partial charge is 0.481 e. The molecule has 7 heteroatoms. The van der Waals surface area contributed by atoms with E-state index >= 15 is 0 Å². The molecule has 2 rings (SSSR count). The summed E-state index contributed by atoms with van der Waals surface area (Å²) in [7, 11) is 0. The summed E-state index contributed by atoms with van der Waals surface area (Å²) < 4.78 is 14.8. The SMILES string of the molecule is CC(C)c1c(C(=O)NCCCCC(=O)O)cnn1-c1ccc(F)cc1. The van der Waals surface area contributed by atoms with Gasteiger partial charge < -0.3 is 10.4 Å². The minimum Gasteiger partial charge on any atom is -0.481 e. The second kappa shape index (κ2) is 8.41. The van der Waals surface area contributed by atoms with Crippen LogP contribution in [0.15, 0.2) is 30.5 Å². The molecule has 0 fully saturated rings. The highest BCUT2D eigenvalue weighted by Crippen LogP contribution is 2.23. The first-order chi connectivity index (χ1) is 11.9. The Morgan fingerprint density at radius 2 is 1.92 bits per heavy atom. The first-order valence-electron chi connectivity index (χ1n) is 8.24. The summed E-state index contributed by atoms with van der Waals surface area (Å²) in [5, 5.41) is 15.7. The number of carbonyl (C=O) groups excluding carboxylic acids is 1.